The minimum atomic E-state index is -4.00. The lowest BCUT2D eigenvalue weighted by molar-refractivity contribution is 0.0388. The van der Waals surface area contributed by atoms with Crippen molar-refractivity contribution in [3.8, 4) is 0 Å². The van der Waals surface area contributed by atoms with Gasteiger partial charge in [0, 0.05) is 22.3 Å². The van der Waals surface area contributed by atoms with Crippen LogP contribution in [0.4, 0.5) is 0 Å². The summed E-state index contributed by atoms with van der Waals surface area (Å²) in [4.78, 5) is 11.5. The van der Waals surface area contributed by atoms with Gasteiger partial charge in [-0.3, -0.25) is 0 Å². The molecule has 0 heterocycles. The van der Waals surface area contributed by atoms with E-state index in [1.165, 1.54) is 13.2 Å². The van der Waals surface area contributed by atoms with Crippen molar-refractivity contribution in [3.63, 3.8) is 0 Å². The first-order valence-corrected chi connectivity index (χ1v) is 8.35. The number of hydrogen-bond donors (Lipinski definition) is 0. The first kappa shape index (κ1) is 16.7. The average molecular weight is 392 g/mol. The normalized spacial score (nSPS) is 11.4. The van der Waals surface area contributed by atoms with E-state index in [9.17, 15) is 13.2 Å². The van der Waals surface area contributed by atoms with E-state index in [0.29, 0.717) is 0 Å². The molecule has 0 aromatic heterocycles. The zero-order chi connectivity index (χ0) is 14.6. The highest BCUT2D eigenvalue weighted by Gasteiger charge is 2.21. The lowest BCUT2D eigenvalue weighted by atomic mass is 10.2. The van der Waals surface area contributed by atoms with Crippen LogP contribution in [0.25, 0.3) is 0 Å². The fourth-order valence-electron chi connectivity index (χ4n) is 1.17. The van der Waals surface area contributed by atoms with E-state index < -0.39 is 15.0 Å². The Bertz CT molecular complexity index is 588. The van der Waals surface area contributed by atoms with Crippen molar-refractivity contribution in [2.75, 3.05) is 20.3 Å². The van der Waals surface area contributed by atoms with E-state index in [-0.39, 0.29) is 33.2 Å². The summed E-state index contributed by atoms with van der Waals surface area (Å²) >= 11 is 8.87. The molecule has 0 saturated heterocycles. The number of carbonyl (C=O) groups excluding carboxylic acids is 1. The van der Waals surface area contributed by atoms with E-state index in [1.54, 1.807) is 0 Å². The Morgan fingerprint density at radius 3 is 2.53 bits per heavy atom. The van der Waals surface area contributed by atoms with Gasteiger partial charge in [-0.25, -0.2) is 13.2 Å². The minimum absolute atomic E-state index is 0.0324. The van der Waals surface area contributed by atoms with Gasteiger partial charge in [0.15, 0.2) is 0 Å². The molecular formula is C10H9BrCl2O5S. The zero-order valence-corrected chi connectivity index (χ0v) is 13.6. The number of benzene rings is 1. The highest BCUT2D eigenvalue weighted by atomic mass is 79.9. The van der Waals surface area contributed by atoms with Gasteiger partial charge in [-0.15, -0.1) is 0 Å². The quantitative estimate of drug-likeness (QED) is 0.438. The molecule has 0 saturated carbocycles. The molecule has 0 aliphatic heterocycles. The molecule has 0 bridgehead atoms. The van der Waals surface area contributed by atoms with Crippen LogP contribution in [-0.4, -0.2) is 34.7 Å². The molecule has 0 spiro atoms. The van der Waals surface area contributed by atoms with Gasteiger partial charge in [-0.2, -0.15) is 0 Å². The number of ether oxygens (including phenoxy) is 2. The van der Waals surface area contributed by atoms with Crippen molar-refractivity contribution in [3.05, 3.63) is 27.2 Å². The second kappa shape index (κ2) is 6.90. The van der Waals surface area contributed by atoms with E-state index in [4.69, 9.17) is 31.8 Å². The number of methoxy groups -OCH3 is 1. The topological polar surface area (TPSA) is 69.7 Å². The van der Waals surface area contributed by atoms with Gasteiger partial charge in [0.1, 0.15) is 6.61 Å². The minimum Gasteiger partial charge on any atom is -0.460 e. The molecule has 0 amide bonds. The summed E-state index contributed by atoms with van der Waals surface area (Å²) in [5.41, 5.74) is -0.0832. The van der Waals surface area contributed by atoms with Gasteiger partial charge in [0.2, 0.25) is 0 Å². The second-order valence-electron chi connectivity index (χ2n) is 3.33. The summed E-state index contributed by atoms with van der Waals surface area (Å²) in [7, 11) is 2.71. The Kier molecular flexibility index (Phi) is 6.07. The summed E-state index contributed by atoms with van der Waals surface area (Å²) < 4.78 is 32.4. The van der Waals surface area contributed by atoms with Crippen molar-refractivity contribution in [2.45, 2.75) is 4.90 Å². The molecule has 0 unspecified atom stereocenters. The molecule has 0 atom stereocenters. The number of esters is 1. The van der Waals surface area contributed by atoms with Gasteiger partial charge >= 0.3 is 5.97 Å². The fraction of sp³-hybridized carbons (Fsp3) is 0.300. The Morgan fingerprint density at radius 2 is 2.00 bits per heavy atom. The molecule has 0 radical (unpaired) electrons. The van der Waals surface area contributed by atoms with Crippen LogP contribution in [0.3, 0.4) is 0 Å². The highest BCUT2D eigenvalue weighted by Crippen LogP contribution is 2.31. The third-order valence-electron chi connectivity index (χ3n) is 2.02. The maximum atomic E-state index is 11.7. The van der Waals surface area contributed by atoms with Gasteiger partial charge in [0.05, 0.1) is 22.1 Å². The third-order valence-corrected chi connectivity index (χ3v) is 4.62. The van der Waals surface area contributed by atoms with Crippen molar-refractivity contribution in [2.24, 2.45) is 0 Å². The van der Waals surface area contributed by atoms with Gasteiger partial charge in [-0.1, -0.05) is 11.6 Å². The average Bonchev–Trinajstić information content (AvgIpc) is 2.27. The molecule has 0 aliphatic rings. The number of rotatable bonds is 5. The highest BCUT2D eigenvalue weighted by molar-refractivity contribution is 9.10. The predicted molar refractivity (Wildman–Crippen MR) is 74.3 cm³/mol. The maximum absolute atomic E-state index is 11.7. The number of carbonyl (C=O) groups is 1. The number of hydrogen-bond acceptors (Lipinski definition) is 5. The van der Waals surface area contributed by atoms with E-state index in [1.807, 2.05) is 0 Å². The molecule has 0 aliphatic carbocycles. The molecule has 19 heavy (non-hydrogen) atoms. The van der Waals surface area contributed by atoms with Gasteiger partial charge in [0.25, 0.3) is 9.05 Å². The van der Waals surface area contributed by atoms with E-state index in [2.05, 4.69) is 15.9 Å². The van der Waals surface area contributed by atoms with Crippen LogP contribution in [0, 0.1) is 0 Å². The van der Waals surface area contributed by atoms with Crippen LogP contribution < -0.4 is 0 Å². The molecule has 0 N–H and O–H groups in total. The Hall–Kier alpha value is -0.340. The summed E-state index contributed by atoms with van der Waals surface area (Å²) in [6, 6.07) is 2.33. The summed E-state index contributed by atoms with van der Waals surface area (Å²) in [5.74, 6) is -0.754. The van der Waals surface area contributed by atoms with Crippen LogP contribution in [0.1, 0.15) is 10.4 Å². The largest absolute Gasteiger partial charge is 0.460 e. The maximum Gasteiger partial charge on any atom is 0.339 e. The Labute approximate surface area is 128 Å². The van der Waals surface area contributed by atoms with Crippen molar-refractivity contribution in [1.82, 2.24) is 0 Å². The van der Waals surface area contributed by atoms with Gasteiger partial charge in [-0.05, 0) is 28.1 Å². The zero-order valence-electron chi connectivity index (χ0n) is 9.65. The van der Waals surface area contributed by atoms with Crippen LogP contribution in [0.5, 0.6) is 0 Å². The third kappa shape index (κ3) is 4.61. The monoisotopic (exact) mass is 390 g/mol. The standard InChI is InChI=1S/C10H9BrCl2O5S/c1-17-2-3-18-10(14)6-4-9(19(13,15)16)7(11)5-8(6)12/h4-5H,2-3H2,1H3. The van der Waals surface area contributed by atoms with E-state index in [0.717, 1.165) is 6.07 Å². The van der Waals surface area contributed by atoms with Crippen LogP contribution in [-0.2, 0) is 18.5 Å². The molecule has 9 heteroatoms. The lowest BCUT2D eigenvalue weighted by Crippen LogP contribution is -2.11. The molecular weight excluding hydrogens is 383 g/mol. The van der Waals surface area contributed by atoms with Crippen molar-refractivity contribution < 1.29 is 22.7 Å². The van der Waals surface area contributed by atoms with Crippen molar-refractivity contribution in [1.29, 1.82) is 0 Å². The molecule has 1 aromatic carbocycles. The molecule has 1 rings (SSSR count). The van der Waals surface area contributed by atoms with Crippen LogP contribution in [0.15, 0.2) is 21.5 Å². The molecule has 106 valence electrons. The van der Waals surface area contributed by atoms with Crippen molar-refractivity contribution >= 4 is 53.2 Å². The predicted octanol–water partition coefficient (Wildman–Crippen LogP) is 2.83. The first-order valence-electron chi connectivity index (χ1n) is 4.87. The van der Waals surface area contributed by atoms with Gasteiger partial charge < -0.3 is 9.47 Å². The molecule has 0 fully saturated rings. The lowest BCUT2D eigenvalue weighted by Gasteiger charge is -2.08. The summed E-state index contributed by atoms with van der Waals surface area (Å²) in [5, 5.41) is 0.0540. The van der Waals surface area contributed by atoms with Crippen LogP contribution >= 0.6 is 38.2 Å². The Morgan fingerprint density at radius 1 is 1.37 bits per heavy atom. The summed E-state index contributed by atoms with van der Waals surface area (Å²) in [6.07, 6.45) is 0. The summed E-state index contributed by atoms with van der Waals surface area (Å²) in [6.45, 7) is 0.255. The smallest absolute Gasteiger partial charge is 0.339 e. The van der Waals surface area contributed by atoms with E-state index >= 15 is 0 Å². The number of halogens is 3. The van der Waals surface area contributed by atoms with Crippen LogP contribution in [0.2, 0.25) is 5.02 Å². The first-order chi connectivity index (χ1) is 8.77. The fourth-order valence-corrected chi connectivity index (χ4v) is 3.74. The SMILES string of the molecule is COCCOC(=O)c1cc(S(=O)(=O)Cl)c(Br)cc1Cl. The molecule has 5 nitrogen and oxygen atoms in total. The Balaban J connectivity index is 3.11. The molecule has 1 aromatic rings. The second-order valence-corrected chi connectivity index (χ2v) is 7.12.